The molecule has 0 aliphatic heterocycles. The van der Waals surface area contributed by atoms with Crippen molar-refractivity contribution in [2.45, 2.75) is 6.92 Å². The maximum absolute atomic E-state index is 4.26. The first-order chi connectivity index (χ1) is 6.86. The van der Waals surface area contributed by atoms with Crippen molar-refractivity contribution in [2.24, 2.45) is 0 Å². The Morgan fingerprint density at radius 3 is 3.07 bits per heavy atom. The Balaban J connectivity index is 2.65. The Bertz CT molecular complexity index is 613. The molecule has 0 saturated heterocycles. The molecule has 0 unspecified atom stereocenters. The van der Waals surface area contributed by atoms with Crippen LogP contribution in [0.5, 0.6) is 0 Å². The van der Waals surface area contributed by atoms with Crippen LogP contribution < -0.4 is 0 Å². The molecule has 0 aromatic carbocycles. The maximum atomic E-state index is 4.26. The van der Waals surface area contributed by atoms with E-state index in [1.807, 2.05) is 23.5 Å². The Morgan fingerprint density at radius 1 is 1.21 bits per heavy atom. The predicted octanol–water partition coefficient (Wildman–Crippen LogP) is 0.981. The van der Waals surface area contributed by atoms with Gasteiger partial charge in [0.15, 0.2) is 11.3 Å². The molecule has 3 rings (SSSR count). The normalized spacial score (nSPS) is 11.2. The van der Waals surface area contributed by atoms with Crippen LogP contribution in [0.25, 0.3) is 16.8 Å². The highest BCUT2D eigenvalue weighted by Crippen LogP contribution is 2.11. The van der Waals surface area contributed by atoms with Gasteiger partial charge in [-0.15, -0.1) is 10.2 Å². The smallest absolute Gasteiger partial charge is 0.181 e. The minimum Gasteiger partial charge on any atom is -0.260 e. The summed E-state index contributed by atoms with van der Waals surface area (Å²) in [6.45, 7) is 1.90. The largest absolute Gasteiger partial charge is 0.260 e. The maximum Gasteiger partial charge on any atom is 0.181 e. The van der Waals surface area contributed by atoms with Crippen molar-refractivity contribution in [1.82, 2.24) is 24.6 Å². The van der Waals surface area contributed by atoms with Crippen LogP contribution in [0.1, 0.15) is 5.82 Å². The van der Waals surface area contributed by atoms with Crippen LogP contribution in [0.2, 0.25) is 0 Å². The molecular weight excluding hydrogens is 178 g/mol. The van der Waals surface area contributed by atoms with E-state index in [9.17, 15) is 0 Å². The van der Waals surface area contributed by atoms with Crippen LogP contribution in [0.3, 0.4) is 0 Å². The van der Waals surface area contributed by atoms with Crippen molar-refractivity contribution in [3.05, 3.63) is 30.4 Å². The monoisotopic (exact) mass is 185 g/mol. The molecule has 3 aromatic heterocycles. The third-order valence-electron chi connectivity index (χ3n) is 2.15. The summed E-state index contributed by atoms with van der Waals surface area (Å²) in [5.41, 5.74) is 2.38. The summed E-state index contributed by atoms with van der Waals surface area (Å²) in [5, 5.41) is 7.96. The molecule has 0 aliphatic carbocycles. The number of fused-ring (bicyclic) bond motifs is 3. The molecule has 5 heteroatoms. The Morgan fingerprint density at radius 2 is 2.14 bits per heavy atom. The molecular formula is C9H7N5. The van der Waals surface area contributed by atoms with Crippen molar-refractivity contribution < 1.29 is 0 Å². The SMILES string of the molecule is Cc1nnc2cnc3cccnc3n12. The number of aryl methyl sites for hydroxylation is 1. The summed E-state index contributed by atoms with van der Waals surface area (Å²) in [4.78, 5) is 8.50. The fourth-order valence-electron chi connectivity index (χ4n) is 1.51. The highest BCUT2D eigenvalue weighted by atomic mass is 15.3. The lowest BCUT2D eigenvalue weighted by Crippen LogP contribution is -1.95. The van der Waals surface area contributed by atoms with Gasteiger partial charge in [0, 0.05) is 6.20 Å². The molecule has 0 radical (unpaired) electrons. The molecule has 3 heterocycles. The van der Waals surface area contributed by atoms with Crippen molar-refractivity contribution >= 4 is 16.8 Å². The standard InChI is InChI=1S/C9H7N5/c1-6-12-13-8-5-11-7-3-2-4-10-9(7)14(6)8/h2-5H,1H3. The van der Waals surface area contributed by atoms with Crippen LogP contribution in [-0.4, -0.2) is 24.6 Å². The van der Waals surface area contributed by atoms with Gasteiger partial charge < -0.3 is 0 Å². The second-order valence-corrected chi connectivity index (χ2v) is 3.05. The van der Waals surface area contributed by atoms with E-state index in [1.54, 1.807) is 12.4 Å². The van der Waals surface area contributed by atoms with Gasteiger partial charge in [0.2, 0.25) is 0 Å². The molecule has 0 amide bonds. The zero-order chi connectivity index (χ0) is 9.54. The zero-order valence-corrected chi connectivity index (χ0v) is 7.55. The van der Waals surface area contributed by atoms with E-state index in [-0.39, 0.29) is 0 Å². The fraction of sp³-hybridized carbons (Fsp3) is 0.111. The van der Waals surface area contributed by atoms with Gasteiger partial charge in [-0.1, -0.05) is 0 Å². The van der Waals surface area contributed by atoms with Crippen molar-refractivity contribution in [3.8, 4) is 0 Å². The Labute approximate surface area is 79.4 Å². The molecule has 5 nitrogen and oxygen atoms in total. The van der Waals surface area contributed by atoms with E-state index < -0.39 is 0 Å². The molecule has 0 N–H and O–H groups in total. The number of rotatable bonds is 0. The Kier molecular flexibility index (Phi) is 1.30. The van der Waals surface area contributed by atoms with Crippen LogP contribution in [-0.2, 0) is 0 Å². The van der Waals surface area contributed by atoms with E-state index in [0.29, 0.717) is 0 Å². The lowest BCUT2D eigenvalue weighted by molar-refractivity contribution is 1.01. The summed E-state index contributed by atoms with van der Waals surface area (Å²) >= 11 is 0. The second kappa shape index (κ2) is 2.47. The molecule has 68 valence electrons. The molecule has 0 fully saturated rings. The number of hydrogen-bond donors (Lipinski definition) is 0. The fourth-order valence-corrected chi connectivity index (χ4v) is 1.51. The van der Waals surface area contributed by atoms with E-state index in [0.717, 1.165) is 22.6 Å². The van der Waals surface area contributed by atoms with Crippen LogP contribution in [0.15, 0.2) is 24.5 Å². The summed E-state index contributed by atoms with van der Waals surface area (Å²) in [6.07, 6.45) is 3.44. The first kappa shape index (κ1) is 7.37. The van der Waals surface area contributed by atoms with Gasteiger partial charge in [-0.2, -0.15) is 0 Å². The number of pyridine rings is 1. The third kappa shape index (κ3) is 0.834. The van der Waals surface area contributed by atoms with Gasteiger partial charge in [0.25, 0.3) is 0 Å². The second-order valence-electron chi connectivity index (χ2n) is 3.05. The minimum absolute atomic E-state index is 0.730. The van der Waals surface area contributed by atoms with Crippen LogP contribution in [0.4, 0.5) is 0 Å². The van der Waals surface area contributed by atoms with Crippen molar-refractivity contribution in [1.29, 1.82) is 0 Å². The topological polar surface area (TPSA) is 56.0 Å². The average Bonchev–Trinajstić information content (AvgIpc) is 2.61. The Hall–Kier alpha value is -2.04. The van der Waals surface area contributed by atoms with Crippen molar-refractivity contribution in [2.75, 3.05) is 0 Å². The summed E-state index contributed by atoms with van der Waals surface area (Å²) < 4.78 is 1.89. The zero-order valence-electron chi connectivity index (χ0n) is 7.55. The minimum atomic E-state index is 0.730. The number of hydrogen-bond acceptors (Lipinski definition) is 4. The molecule has 0 spiro atoms. The number of nitrogens with zero attached hydrogens (tertiary/aromatic N) is 5. The quantitative estimate of drug-likeness (QED) is 0.524. The van der Waals surface area contributed by atoms with Gasteiger partial charge in [-0.05, 0) is 19.1 Å². The molecule has 14 heavy (non-hydrogen) atoms. The van der Waals surface area contributed by atoms with E-state index in [4.69, 9.17) is 0 Å². The average molecular weight is 185 g/mol. The van der Waals surface area contributed by atoms with Gasteiger partial charge in [-0.25, -0.2) is 9.97 Å². The van der Waals surface area contributed by atoms with E-state index >= 15 is 0 Å². The van der Waals surface area contributed by atoms with Crippen molar-refractivity contribution in [3.63, 3.8) is 0 Å². The summed E-state index contributed by atoms with van der Waals surface area (Å²) in [5.74, 6) is 0.825. The van der Waals surface area contributed by atoms with Gasteiger partial charge in [0.05, 0.1) is 6.20 Å². The van der Waals surface area contributed by atoms with E-state index in [1.165, 1.54) is 0 Å². The van der Waals surface area contributed by atoms with E-state index in [2.05, 4.69) is 20.2 Å². The van der Waals surface area contributed by atoms with Crippen LogP contribution >= 0.6 is 0 Å². The first-order valence-corrected chi connectivity index (χ1v) is 4.28. The van der Waals surface area contributed by atoms with Gasteiger partial charge in [-0.3, -0.25) is 4.40 Å². The predicted molar refractivity (Wildman–Crippen MR) is 50.8 cm³/mol. The highest BCUT2D eigenvalue weighted by molar-refractivity contribution is 5.72. The van der Waals surface area contributed by atoms with Crippen LogP contribution in [0, 0.1) is 6.92 Å². The lowest BCUT2D eigenvalue weighted by Gasteiger charge is -1.99. The highest BCUT2D eigenvalue weighted by Gasteiger charge is 2.05. The third-order valence-corrected chi connectivity index (χ3v) is 2.15. The molecule has 0 bridgehead atoms. The molecule has 0 saturated carbocycles. The molecule has 3 aromatic rings. The number of aromatic nitrogens is 5. The van der Waals surface area contributed by atoms with Gasteiger partial charge >= 0.3 is 0 Å². The summed E-state index contributed by atoms with van der Waals surface area (Å²) in [7, 11) is 0. The lowest BCUT2D eigenvalue weighted by atomic mass is 10.4. The molecule has 0 aliphatic rings. The summed E-state index contributed by atoms with van der Waals surface area (Å²) in [6, 6.07) is 3.78. The van der Waals surface area contributed by atoms with Gasteiger partial charge in [0.1, 0.15) is 11.3 Å². The first-order valence-electron chi connectivity index (χ1n) is 4.28. The molecule has 0 atom stereocenters.